The smallest absolute Gasteiger partial charge is 0.00982 e. The molecule has 2 saturated carbocycles. The van der Waals surface area contributed by atoms with E-state index in [2.05, 4.69) is 19.2 Å². The highest BCUT2D eigenvalue weighted by atomic mass is 15.0. The van der Waals surface area contributed by atoms with Gasteiger partial charge in [-0.2, -0.15) is 0 Å². The van der Waals surface area contributed by atoms with Gasteiger partial charge in [0, 0.05) is 12.1 Å². The van der Waals surface area contributed by atoms with Gasteiger partial charge < -0.3 is 5.32 Å². The Kier molecular flexibility index (Phi) is 3.47. The van der Waals surface area contributed by atoms with Crippen molar-refractivity contribution in [1.82, 2.24) is 5.32 Å². The zero-order valence-corrected chi connectivity index (χ0v) is 11.6. The Morgan fingerprint density at radius 1 is 0.706 bits per heavy atom. The van der Waals surface area contributed by atoms with Crippen molar-refractivity contribution in [3.8, 4) is 0 Å². The summed E-state index contributed by atoms with van der Waals surface area (Å²) in [6.07, 6.45) is 11.9. The van der Waals surface area contributed by atoms with E-state index in [0.717, 1.165) is 35.8 Å². The molecule has 1 heteroatoms. The SMILES string of the molecule is CC1CCC(C2CCC3CCCC3N2)CC1C. The molecule has 6 unspecified atom stereocenters. The van der Waals surface area contributed by atoms with E-state index in [1.165, 1.54) is 51.4 Å². The molecule has 0 aromatic rings. The lowest BCUT2D eigenvalue weighted by atomic mass is 9.71. The molecule has 6 atom stereocenters. The molecule has 0 bridgehead atoms. The summed E-state index contributed by atoms with van der Waals surface area (Å²) in [5.41, 5.74) is 0. The van der Waals surface area contributed by atoms with Crippen molar-refractivity contribution in [2.75, 3.05) is 0 Å². The summed E-state index contributed by atoms with van der Waals surface area (Å²) in [4.78, 5) is 0. The minimum atomic E-state index is 0.865. The Labute approximate surface area is 107 Å². The third-order valence-electron chi connectivity index (χ3n) is 6.14. The molecule has 98 valence electrons. The summed E-state index contributed by atoms with van der Waals surface area (Å²) < 4.78 is 0. The van der Waals surface area contributed by atoms with Crippen molar-refractivity contribution in [2.24, 2.45) is 23.7 Å². The van der Waals surface area contributed by atoms with Gasteiger partial charge in [-0.15, -0.1) is 0 Å². The van der Waals surface area contributed by atoms with E-state index in [4.69, 9.17) is 0 Å². The van der Waals surface area contributed by atoms with Crippen LogP contribution in [0.1, 0.15) is 65.2 Å². The lowest BCUT2D eigenvalue weighted by Gasteiger charge is -2.42. The monoisotopic (exact) mass is 235 g/mol. The molecule has 0 spiro atoms. The first-order valence-corrected chi connectivity index (χ1v) is 8.00. The molecule has 1 N–H and O–H groups in total. The number of hydrogen-bond acceptors (Lipinski definition) is 1. The van der Waals surface area contributed by atoms with E-state index in [1.807, 2.05) is 0 Å². The molecule has 0 radical (unpaired) electrons. The summed E-state index contributed by atoms with van der Waals surface area (Å²) in [6, 6.07) is 1.76. The van der Waals surface area contributed by atoms with E-state index in [-0.39, 0.29) is 0 Å². The summed E-state index contributed by atoms with van der Waals surface area (Å²) in [5.74, 6) is 3.94. The van der Waals surface area contributed by atoms with Gasteiger partial charge in [0.25, 0.3) is 0 Å². The number of fused-ring (bicyclic) bond motifs is 1. The second kappa shape index (κ2) is 4.91. The van der Waals surface area contributed by atoms with Crippen molar-refractivity contribution in [2.45, 2.75) is 77.3 Å². The summed E-state index contributed by atoms with van der Waals surface area (Å²) in [6.45, 7) is 4.92. The second-order valence-corrected chi connectivity index (χ2v) is 7.18. The third kappa shape index (κ3) is 2.41. The molecule has 1 heterocycles. The molecule has 0 aromatic heterocycles. The maximum absolute atomic E-state index is 4.02. The van der Waals surface area contributed by atoms with Crippen molar-refractivity contribution >= 4 is 0 Å². The van der Waals surface area contributed by atoms with E-state index in [1.54, 1.807) is 0 Å². The van der Waals surface area contributed by atoms with Gasteiger partial charge in [-0.05, 0) is 62.2 Å². The highest BCUT2D eigenvalue weighted by Crippen LogP contribution is 2.40. The summed E-state index contributed by atoms with van der Waals surface area (Å²) in [7, 11) is 0. The Bertz CT molecular complexity index is 262. The summed E-state index contributed by atoms with van der Waals surface area (Å²) in [5, 5.41) is 4.02. The molecular formula is C16H29N. The largest absolute Gasteiger partial charge is 0.311 e. The van der Waals surface area contributed by atoms with Gasteiger partial charge in [0.2, 0.25) is 0 Å². The predicted molar refractivity (Wildman–Crippen MR) is 73.0 cm³/mol. The van der Waals surface area contributed by atoms with Crippen LogP contribution in [0.15, 0.2) is 0 Å². The van der Waals surface area contributed by atoms with Crippen LogP contribution in [0.3, 0.4) is 0 Å². The second-order valence-electron chi connectivity index (χ2n) is 7.18. The van der Waals surface area contributed by atoms with Crippen LogP contribution in [0, 0.1) is 23.7 Å². The van der Waals surface area contributed by atoms with Crippen LogP contribution in [0.2, 0.25) is 0 Å². The first-order valence-electron chi connectivity index (χ1n) is 8.00. The minimum absolute atomic E-state index is 0.865. The van der Waals surface area contributed by atoms with Crippen molar-refractivity contribution in [3.63, 3.8) is 0 Å². The van der Waals surface area contributed by atoms with Gasteiger partial charge in [-0.1, -0.05) is 26.7 Å². The maximum Gasteiger partial charge on any atom is 0.00982 e. The van der Waals surface area contributed by atoms with Gasteiger partial charge in [-0.25, -0.2) is 0 Å². The number of piperidine rings is 1. The molecule has 1 nitrogen and oxygen atoms in total. The fraction of sp³-hybridized carbons (Fsp3) is 1.00. The average Bonchev–Trinajstić information content (AvgIpc) is 2.79. The lowest BCUT2D eigenvalue weighted by Crippen LogP contribution is -2.49. The van der Waals surface area contributed by atoms with Crippen molar-refractivity contribution in [1.29, 1.82) is 0 Å². The van der Waals surface area contributed by atoms with Crippen LogP contribution in [0.5, 0.6) is 0 Å². The molecule has 1 saturated heterocycles. The molecule has 3 aliphatic rings. The normalized spacial score (nSPS) is 51.2. The van der Waals surface area contributed by atoms with Gasteiger partial charge in [0.1, 0.15) is 0 Å². The maximum atomic E-state index is 4.02. The van der Waals surface area contributed by atoms with Crippen molar-refractivity contribution in [3.05, 3.63) is 0 Å². The number of rotatable bonds is 1. The molecule has 2 aliphatic carbocycles. The van der Waals surface area contributed by atoms with Gasteiger partial charge in [-0.3, -0.25) is 0 Å². The Morgan fingerprint density at radius 2 is 1.47 bits per heavy atom. The van der Waals surface area contributed by atoms with Gasteiger partial charge in [0.05, 0.1) is 0 Å². The van der Waals surface area contributed by atoms with Crippen LogP contribution >= 0.6 is 0 Å². The Hall–Kier alpha value is -0.0400. The third-order valence-corrected chi connectivity index (χ3v) is 6.14. The topological polar surface area (TPSA) is 12.0 Å². The zero-order chi connectivity index (χ0) is 11.8. The minimum Gasteiger partial charge on any atom is -0.311 e. The fourth-order valence-electron chi connectivity index (χ4n) is 4.68. The van der Waals surface area contributed by atoms with Crippen LogP contribution < -0.4 is 5.32 Å². The average molecular weight is 235 g/mol. The quantitative estimate of drug-likeness (QED) is 0.725. The Balaban J connectivity index is 1.58. The molecule has 3 rings (SSSR count). The Morgan fingerprint density at radius 3 is 2.29 bits per heavy atom. The molecule has 0 aromatic carbocycles. The fourth-order valence-corrected chi connectivity index (χ4v) is 4.68. The van der Waals surface area contributed by atoms with Gasteiger partial charge in [0.15, 0.2) is 0 Å². The first-order chi connectivity index (χ1) is 8.24. The van der Waals surface area contributed by atoms with Crippen LogP contribution in [-0.2, 0) is 0 Å². The highest BCUT2D eigenvalue weighted by Gasteiger charge is 2.37. The molecule has 1 aliphatic heterocycles. The standard InChI is InChI=1S/C16H29N/c1-11-6-7-14(10-12(11)2)16-9-8-13-4-3-5-15(13)17-16/h11-17H,3-10H2,1-2H3. The first kappa shape index (κ1) is 12.0. The number of nitrogens with one attached hydrogen (secondary N) is 1. The zero-order valence-electron chi connectivity index (χ0n) is 11.6. The molecular weight excluding hydrogens is 206 g/mol. The highest BCUT2D eigenvalue weighted by molar-refractivity contribution is 4.94. The van der Waals surface area contributed by atoms with E-state index >= 15 is 0 Å². The van der Waals surface area contributed by atoms with E-state index in [9.17, 15) is 0 Å². The van der Waals surface area contributed by atoms with Crippen LogP contribution in [-0.4, -0.2) is 12.1 Å². The van der Waals surface area contributed by atoms with E-state index in [0.29, 0.717) is 0 Å². The van der Waals surface area contributed by atoms with Gasteiger partial charge >= 0.3 is 0 Å². The molecule has 0 amide bonds. The molecule has 3 fully saturated rings. The van der Waals surface area contributed by atoms with Crippen LogP contribution in [0.4, 0.5) is 0 Å². The van der Waals surface area contributed by atoms with Crippen molar-refractivity contribution < 1.29 is 0 Å². The van der Waals surface area contributed by atoms with Crippen LogP contribution in [0.25, 0.3) is 0 Å². The summed E-state index contributed by atoms with van der Waals surface area (Å²) >= 11 is 0. The predicted octanol–water partition coefficient (Wildman–Crippen LogP) is 3.98. The van der Waals surface area contributed by atoms with E-state index < -0.39 is 0 Å². The number of hydrogen-bond donors (Lipinski definition) is 1. The lowest BCUT2D eigenvalue weighted by molar-refractivity contribution is 0.130. The molecule has 17 heavy (non-hydrogen) atoms.